The summed E-state index contributed by atoms with van der Waals surface area (Å²) in [6.07, 6.45) is -6.05. The fourth-order valence-corrected chi connectivity index (χ4v) is 3.43. The van der Waals surface area contributed by atoms with Crippen LogP contribution in [0, 0.1) is 0 Å². The Hall–Kier alpha value is -4.48. The molecule has 4 aromatic rings. The van der Waals surface area contributed by atoms with Crippen molar-refractivity contribution < 1.29 is 35.9 Å². The third-order valence-corrected chi connectivity index (χ3v) is 5.23. The van der Waals surface area contributed by atoms with E-state index in [0.29, 0.717) is 35.6 Å². The van der Waals surface area contributed by atoms with E-state index in [4.69, 9.17) is 4.74 Å². The number of aryl methyl sites for hydroxylation is 1. The summed E-state index contributed by atoms with van der Waals surface area (Å²) in [7, 11) is 0. The molecule has 1 N–H and O–H groups in total. The highest BCUT2D eigenvalue weighted by Gasteiger charge is 2.33. The van der Waals surface area contributed by atoms with Gasteiger partial charge in [0.15, 0.2) is 0 Å². The summed E-state index contributed by atoms with van der Waals surface area (Å²) in [5.74, 6) is -0.865. The Labute approximate surface area is 212 Å². The first-order valence-corrected chi connectivity index (χ1v) is 11.1. The van der Waals surface area contributed by atoms with E-state index in [0.717, 1.165) is 30.3 Å². The molecule has 196 valence electrons. The van der Waals surface area contributed by atoms with Gasteiger partial charge in [0, 0.05) is 36.1 Å². The molecule has 38 heavy (non-hydrogen) atoms. The zero-order valence-corrected chi connectivity index (χ0v) is 19.6. The minimum absolute atomic E-state index is 0.0530. The van der Waals surface area contributed by atoms with Gasteiger partial charge >= 0.3 is 12.4 Å². The topological polar surface area (TPSA) is 77.0 Å². The molecule has 2 heterocycles. The van der Waals surface area contributed by atoms with Crippen molar-refractivity contribution in [2.45, 2.75) is 25.7 Å². The molecule has 2 aromatic carbocycles. The molecule has 0 atom stereocenters. The van der Waals surface area contributed by atoms with Gasteiger partial charge in [-0.15, -0.1) is 0 Å². The predicted molar refractivity (Wildman–Crippen MR) is 126 cm³/mol. The van der Waals surface area contributed by atoms with Crippen molar-refractivity contribution in [2.24, 2.45) is 0 Å². The van der Waals surface area contributed by atoms with Gasteiger partial charge in [0.2, 0.25) is 5.88 Å². The van der Waals surface area contributed by atoms with Crippen molar-refractivity contribution in [1.82, 2.24) is 15.0 Å². The lowest BCUT2D eigenvalue weighted by Gasteiger charge is -2.15. The second-order valence-corrected chi connectivity index (χ2v) is 7.95. The Balaban J connectivity index is 1.68. The third-order valence-electron chi connectivity index (χ3n) is 5.23. The molecular weight excluding hydrogens is 514 g/mol. The number of benzene rings is 2. The standard InChI is InChI=1S/C26H18F6N4O2/c1-2-22-33-10-8-21(36-22)20-7-4-9-34-24(20)38-19-13-17(26(30,31)32)12-18(14-19)35-23(37)15-5-3-6-16(11-15)25(27,28)29/h3-14H,2H2,1H3,(H,35,37). The summed E-state index contributed by atoms with van der Waals surface area (Å²) in [5, 5.41) is 2.21. The lowest BCUT2D eigenvalue weighted by molar-refractivity contribution is -0.138. The van der Waals surface area contributed by atoms with Gasteiger partial charge in [0.25, 0.3) is 5.91 Å². The summed E-state index contributed by atoms with van der Waals surface area (Å²) in [5.41, 5.74) is -2.13. The number of aromatic nitrogens is 3. The van der Waals surface area contributed by atoms with Crippen LogP contribution in [0.3, 0.4) is 0 Å². The van der Waals surface area contributed by atoms with E-state index in [1.807, 2.05) is 6.92 Å². The molecule has 0 bridgehead atoms. The van der Waals surface area contributed by atoms with Gasteiger partial charge < -0.3 is 10.1 Å². The van der Waals surface area contributed by atoms with Crippen LogP contribution >= 0.6 is 0 Å². The normalized spacial score (nSPS) is 11.8. The van der Waals surface area contributed by atoms with Crippen LogP contribution in [0.25, 0.3) is 11.3 Å². The van der Waals surface area contributed by atoms with Crippen molar-refractivity contribution in [3.8, 4) is 22.9 Å². The van der Waals surface area contributed by atoms with E-state index in [1.54, 1.807) is 18.2 Å². The van der Waals surface area contributed by atoms with Gasteiger partial charge in [-0.1, -0.05) is 13.0 Å². The van der Waals surface area contributed by atoms with Gasteiger partial charge in [-0.25, -0.2) is 15.0 Å². The molecule has 0 unspecified atom stereocenters. The monoisotopic (exact) mass is 532 g/mol. The second-order valence-electron chi connectivity index (χ2n) is 7.95. The first-order chi connectivity index (χ1) is 17.9. The number of pyridine rings is 1. The van der Waals surface area contributed by atoms with Crippen molar-refractivity contribution in [3.63, 3.8) is 0 Å². The van der Waals surface area contributed by atoms with Crippen LogP contribution in [-0.4, -0.2) is 20.9 Å². The smallest absolute Gasteiger partial charge is 0.416 e. The molecule has 0 aliphatic carbocycles. The van der Waals surface area contributed by atoms with E-state index in [1.165, 1.54) is 12.4 Å². The summed E-state index contributed by atoms with van der Waals surface area (Å²) in [6.45, 7) is 1.86. The van der Waals surface area contributed by atoms with Crippen LogP contribution in [0.15, 0.2) is 73.1 Å². The SMILES string of the molecule is CCc1nccc(-c2cccnc2Oc2cc(NC(=O)c3cccc(C(F)(F)F)c3)cc(C(F)(F)F)c2)n1. The van der Waals surface area contributed by atoms with Crippen LogP contribution in [0.4, 0.5) is 32.0 Å². The van der Waals surface area contributed by atoms with Gasteiger partial charge in [0.1, 0.15) is 11.6 Å². The number of rotatable bonds is 6. The third kappa shape index (κ3) is 6.25. The predicted octanol–water partition coefficient (Wildman–Crippen LogP) is 7.18. The molecule has 0 aliphatic heterocycles. The molecule has 0 saturated heterocycles. The molecule has 4 rings (SSSR count). The summed E-state index contributed by atoms with van der Waals surface area (Å²) in [6, 6.07) is 10.8. The van der Waals surface area contributed by atoms with Crippen molar-refractivity contribution in [1.29, 1.82) is 0 Å². The number of nitrogens with one attached hydrogen (secondary N) is 1. The minimum atomic E-state index is -4.81. The molecule has 1 amide bonds. The number of anilines is 1. The number of hydrogen-bond donors (Lipinski definition) is 1. The fourth-order valence-electron chi connectivity index (χ4n) is 3.43. The van der Waals surface area contributed by atoms with E-state index in [2.05, 4.69) is 20.3 Å². The van der Waals surface area contributed by atoms with Crippen molar-refractivity contribution in [3.05, 3.63) is 95.6 Å². The number of halogens is 6. The van der Waals surface area contributed by atoms with Crippen LogP contribution < -0.4 is 10.1 Å². The van der Waals surface area contributed by atoms with Crippen LogP contribution in [-0.2, 0) is 18.8 Å². The molecule has 0 spiro atoms. The Morgan fingerprint density at radius 1 is 0.868 bits per heavy atom. The van der Waals surface area contributed by atoms with Crippen LogP contribution in [0.1, 0.15) is 34.2 Å². The van der Waals surface area contributed by atoms with Gasteiger partial charge in [-0.2, -0.15) is 26.3 Å². The number of carbonyl (C=O) groups excluding carboxylic acids is 1. The molecule has 12 heteroatoms. The fraction of sp³-hybridized carbons (Fsp3) is 0.154. The molecule has 0 aliphatic rings. The highest BCUT2D eigenvalue weighted by molar-refractivity contribution is 6.04. The van der Waals surface area contributed by atoms with E-state index in [9.17, 15) is 31.1 Å². The Kier molecular flexibility index (Phi) is 7.33. The number of hydrogen-bond acceptors (Lipinski definition) is 5. The summed E-state index contributed by atoms with van der Waals surface area (Å²) < 4.78 is 85.6. The van der Waals surface area contributed by atoms with Gasteiger partial charge in [-0.3, -0.25) is 4.79 Å². The van der Waals surface area contributed by atoms with E-state index >= 15 is 0 Å². The lowest BCUT2D eigenvalue weighted by atomic mass is 10.1. The van der Waals surface area contributed by atoms with Crippen LogP contribution in [0.2, 0.25) is 0 Å². The average molecular weight is 532 g/mol. The average Bonchev–Trinajstić information content (AvgIpc) is 2.88. The van der Waals surface area contributed by atoms with E-state index < -0.39 is 29.4 Å². The number of amides is 1. The first kappa shape index (κ1) is 26.6. The molecular formula is C26H18F6N4O2. The number of alkyl halides is 6. The largest absolute Gasteiger partial charge is 0.438 e. The molecule has 2 aromatic heterocycles. The Bertz CT molecular complexity index is 1470. The number of carbonyl (C=O) groups is 1. The zero-order valence-electron chi connectivity index (χ0n) is 19.6. The molecule has 0 radical (unpaired) electrons. The van der Waals surface area contributed by atoms with Gasteiger partial charge in [0.05, 0.1) is 22.4 Å². The lowest BCUT2D eigenvalue weighted by Crippen LogP contribution is -2.15. The Morgan fingerprint density at radius 3 is 2.34 bits per heavy atom. The maximum Gasteiger partial charge on any atom is 0.416 e. The highest BCUT2D eigenvalue weighted by atomic mass is 19.4. The van der Waals surface area contributed by atoms with Crippen molar-refractivity contribution >= 4 is 11.6 Å². The maximum absolute atomic E-state index is 13.6. The summed E-state index contributed by atoms with van der Waals surface area (Å²) >= 11 is 0. The quantitative estimate of drug-likeness (QED) is 0.266. The first-order valence-electron chi connectivity index (χ1n) is 11.1. The molecule has 6 nitrogen and oxygen atoms in total. The molecule has 0 fully saturated rings. The number of ether oxygens (including phenoxy) is 1. The molecule has 0 saturated carbocycles. The van der Waals surface area contributed by atoms with Gasteiger partial charge in [-0.05, 0) is 48.5 Å². The second kappa shape index (κ2) is 10.5. The van der Waals surface area contributed by atoms with Crippen LogP contribution in [0.5, 0.6) is 11.6 Å². The Morgan fingerprint density at radius 2 is 1.63 bits per heavy atom. The van der Waals surface area contributed by atoms with Crippen molar-refractivity contribution in [2.75, 3.05) is 5.32 Å². The highest BCUT2D eigenvalue weighted by Crippen LogP contribution is 2.37. The summed E-state index contributed by atoms with van der Waals surface area (Å²) in [4.78, 5) is 25.2. The maximum atomic E-state index is 13.6. The zero-order chi connectivity index (χ0) is 27.5. The number of nitrogens with zero attached hydrogens (tertiary/aromatic N) is 3. The minimum Gasteiger partial charge on any atom is -0.438 e. The van der Waals surface area contributed by atoms with E-state index in [-0.39, 0.29) is 22.9 Å².